The molecule has 1 atom stereocenters. The van der Waals surface area contributed by atoms with Gasteiger partial charge in [-0.15, -0.1) is 10.3 Å². The second kappa shape index (κ2) is 4.42. The molecule has 0 aromatic carbocycles. The van der Waals surface area contributed by atoms with E-state index < -0.39 is 11.3 Å². The van der Waals surface area contributed by atoms with Crippen molar-refractivity contribution in [1.29, 1.82) is 0 Å². The minimum Gasteiger partial charge on any atom is -0.347 e. The van der Waals surface area contributed by atoms with Gasteiger partial charge in [0.2, 0.25) is 0 Å². The number of hydrogen-bond acceptors (Lipinski definition) is 3. The number of nitrogens with zero attached hydrogens (tertiary/aromatic N) is 1. The smallest absolute Gasteiger partial charge is 0.172 e. The van der Waals surface area contributed by atoms with E-state index in [0.717, 1.165) is 12.8 Å². The Hall–Kier alpha value is -0.160. The fourth-order valence-corrected chi connectivity index (χ4v) is 3.84. The molecule has 1 spiro atoms. The highest BCUT2D eigenvalue weighted by atomic mass is 16.8. The van der Waals surface area contributed by atoms with Crippen LogP contribution in [0.15, 0.2) is 0 Å². The molecule has 0 aromatic rings. The van der Waals surface area contributed by atoms with Gasteiger partial charge in [0.1, 0.15) is 0 Å². The van der Waals surface area contributed by atoms with Crippen LogP contribution >= 0.6 is 0 Å². The van der Waals surface area contributed by atoms with Crippen LogP contribution < -0.4 is 0 Å². The van der Waals surface area contributed by atoms with Gasteiger partial charge in [0, 0.05) is 18.4 Å². The number of ether oxygens (including phenoxy) is 2. The summed E-state index contributed by atoms with van der Waals surface area (Å²) in [5.74, 6) is -0.583. The summed E-state index contributed by atoms with van der Waals surface area (Å²) >= 11 is 0. The second-order valence-corrected chi connectivity index (χ2v) is 7.45. The van der Waals surface area contributed by atoms with Gasteiger partial charge in [-0.1, -0.05) is 13.8 Å². The maximum absolute atomic E-state index is 12.7. The Morgan fingerprint density at radius 1 is 1.05 bits per heavy atom. The fourth-order valence-electron chi connectivity index (χ4n) is 3.84. The minimum absolute atomic E-state index is 0.256. The average Bonchev–Trinajstić information content (AvgIpc) is 2.59. The Labute approximate surface area is 117 Å². The summed E-state index contributed by atoms with van der Waals surface area (Å²) in [4.78, 5) is 0. The number of hydrogen-bond donors (Lipinski definition) is 0. The first-order valence-electron chi connectivity index (χ1n) is 7.42. The van der Waals surface area contributed by atoms with E-state index in [9.17, 15) is 5.21 Å². The summed E-state index contributed by atoms with van der Waals surface area (Å²) in [6.45, 7) is 12.9. The molecule has 0 N–H and O–H groups in total. The molecule has 2 fully saturated rings. The van der Waals surface area contributed by atoms with Crippen molar-refractivity contribution in [3.8, 4) is 0 Å². The molecule has 0 bridgehead atoms. The van der Waals surface area contributed by atoms with Crippen molar-refractivity contribution in [2.75, 3.05) is 6.61 Å². The first-order chi connectivity index (χ1) is 8.60. The first kappa shape index (κ1) is 15.2. The summed E-state index contributed by atoms with van der Waals surface area (Å²) in [5.41, 5.74) is -1.08. The van der Waals surface area contributed by atoms with Crippen LogP contribution in [0.3, 0.4) is 0 Å². The Bertz CT molecular complexity index is 349. The standard InChI is InChI=1S/C15H28NO3/c1-7-14(8-2)10-15(9-12(3,4)16(14)17)18-11-13(5,6)19-15/h7-11H2,1-6H3. The summed E-state index contributed by atoms with van der Waals surface area (Å²) in [7, 11) is 0. The maximum atomic E-state index is 12.7. The van der Waals surface area contributed by atoms with E-state index in [-0.39, 0.29) is 11.1 Å². The molecular formula is C15H28NO3. The van der Waals surface area contributed by atoms with E-state index in [0.29, 0.717) is 19.4 Å². The lowest BCUT2D eigenvalue weighted by atomic mass is 9.73. The van der Waals surface area contributed by atoms with E-state index in [1.807, 2.05) is 13.8 Å². The molecule has 1 unspecified atom stereocenters. The third kappa shape index (κ3) is 2.44. The lowest BCUT2D eigenvalue weighted by molar-refractivity contribution is -0.354. The van der Waals surface area contributed by atoms with Gasteiger partial charge < -0.3 is 9.47 Å². The molecule has 2 rings (SSSR count). The number of rotatable bonds is 2. The van der Waals surface area contributed by atoms with Crippen LogP contribution in [0.4, 0.5) is 0 Å². The Balaban J connectivity index is 2.35. The molecule has 4 heteroatoms. The number of piperidine rings is 1. The topological polar surface area (TPSA) is 41.6 Å². The van der Waals surface area contributed by atoms with Gasteiger partial charge in [-0.2, -0.15) is 0 Å². The molecular weight excluding hydrogens is 242 g/mol. The molecule has 2 saturated heterocycles. The molecule has 2 heterocycles. The van der Waals surface area contributed by atoms with Gasteiger partial charge in [-0.05, 0) is 40.5 Å². The highest BCUT2D eigenvalue weighted by Crippen LogP contribution is 2.51. The lowest BCUT2D eigenvalue weighted by Crippen LogP contribution is -2.66. The largest absolute Gasteiger partial charge is 0.347 e. The highest BCUT2D eigenvalue weighted by molar-refractivity contribution is 5.05. The van der Waals surface area contributed by atoms with Crippen LogP contribution in [0, 0.1) is 0 Å². The normalized spacial score (nSPS) is 36.8. The zero-order valence-corrected chi connectivity index (χ0v) is 13.2. The first-order valence-corrected chi connectivity index (χ1v) is 7.42. The zero-order chi connectivity index (χ0) is 14.5. The van der Waals surface area contributed by atoms with Crippen LogP contribution in [0.1, 0.15) is 67.2 Å². The van der Waals surface area contributed by atoms with Crippen molar-refractivity contribution in [3.05, 3.63) is 0 Å². The minimum atomic E-state index is -0.583. The maximum Gasteiger partial charge on any atom is 0.172 e. The van der Waals surface area contributed by atoms with Crippen LogP contribution in [0.25, 0.3) is 0 Å². The van der Waals surface area contributed by atoms with Gasteiger partial charge in [0.15, 0.2) is 5.79 Å². The molecule has 4 nitrogen and oxygen atoms in total. The second-order valence-electron chi connectivity index (χ2n) is 7.45. The zero-order valence-electron chi connectivity index (χ0n) is 13.2. The van der Waals surface area contributed by atoms with Gasteiger partial charge in [-0.3, -0.25) is 0 Å². The predicted octanol–water partition coefficient (Wildman–Crippen LogP) is 3.29. The Kier molecular flexibility index (Phi) is 3.54. The molecule has 19 heavy (non-hydrogen) atoms. The van der Waals surface area contributed by atoms with E-state index in [1.54, 1.807) is 0 Å². The van der Waals surface area contributed by atoms with Crippen molar-refractivity contribution >= 4 is 0 Å². The van der Waals surface area contributed by atoms with Crippen molar-refractivity contribution in [1.82, 2.24) is 5.06 Å². The van der Waals surface area contributed by atoms with E-state index >= 15 is 0 Å². The van der Waals surface area contributed by atoms with Crippen molar-refractivity contribution in [2.24, 2.45) is 0 Å². The monoisotopic (exact) mass is 270 g/mol. The molecule has 111 valence electrons. The molecule has 1 radical (unpaired) electrons. The van der Waals surface area contributed by atoms with Crippen molar-refractivity contribution in [3.63, 3.8) is 0 Å². The predicted molar refractivity (Wildman–Crippen MR) is 73.0 cm³/mol. The third-order valence-corrected chi connectivity index (χ3v) is 4.74. The third-order valence-electron chi connectivity index (χ3n) is 4.74. The van der Waals surface area contributed by atoms with E-state index in [4.69, 9.17) is 9.47 Å². The quantitative estimate of drug-likeness (QED) is 0.773. The number of hydroxylamine groups is 2. The van der Waals surface area contributed by atoms with Crippen molar-refractivity contribution < 1.29 is 14.7 Å². The summed E-state index contributed by atoms with van der Waals surface area (Å²) in [5, 5.41) is 14.0. The van der Waals surface area contributed by atoms with Gasteiger partial charge >= 0.3 is 0 Å². The van der Waals surface area contributed by atoms with E-state index in [2.05, 4.69) is 27.7 Å². The van der Waals surface area contributed by atoms with Crippen LogP contribution in [0.5, 0.6) is 0 Å². The molecule has 2 aliphatic rings. The van der Waals surface area contributed by atoms with Crippen LogP contribution in [-0.4, -0.2) is 34.1 Å². The summed E-state index contributed by atoms with van der Waals surface area (Å²) in [6, 6.07) is 0. The molecule has 0 saturated carbocycles. The average molecular weight is 270 g/mol. The van der Waals surface area contributed by atoms with E-state index in [1.165, 1.54) is 5.06 Å². The Morgan fingerprint density at radius 2 is 1.63 bits per heavy atom. The Morgan fingerprint density at radius 3 is 2.05 bits per heavy atom. The fraction of sp³-hybridized carbons (Fsp3) is 1.00. The van der Waals surface area contributed by atoms with Crippen molar-refractivity contribution in [2.45, 2.75) is 89.7 Å². The molecule has 0 aliphatic carbocycles. The SMILES string of the molecule is CCC1(CC)CC2(CC(C)(C)N1[O])OCC(C)(C)O2. The molecule has 0 aromatic heterocycles. The van der Waals surface area contributed by atoms with Crippen LogP contribution in [0.2, 0.25) is 0 Å². The van der Waals surface area contributed by atoms with Gasteiger partial charge in [0.05, 0.1) is 17.7 Å². The van der Waals surface area contributed by atoms with Gasteiger partial charge in [0.25, 0.3) is 0 Å². The van der Waals surface area contributed by atoms with Crippen LogP contribution in [-0.2, 0) is 14.7 Å². The molecule has 0 amide bonds. The lowest BCUT2D eigenvalue weighted by Gasteiger charge is -2.55. The summed E-state index contributed by atoms with van der Waals surface area (Å²) < 4.78 is 12.3. The van der Waals surface area contributed by atoms with Gasteiger partial charge in [-0.25, -0.2) is 0 Å². The molecule has 2 aliphatic heterocycles. The summed E-state index contributed by atoms with van der Waals surface area (Å²) in [6.07, 6.45) is 2.95. The highest BCUT2D eigenvalue weighted by Gasteiger charge is 2.60.